The van der Waals surface area contributed by atoms with E-state index < -0.39 is 0 Å². The van der Waals surface area contributed by atoms with Crippen molar-refractivity contribution in [1.82, 2.24) is 14.9 Å². The molecule has 0 aromatic carbocycles. The molecule has 1 aromatic heterocycles. The van der Waals surface area contributed by atoms with E-state index in [0.717, 1.165) is 36.9 Å². The molecule has 1 saturated heterocycles. The summed E-state index contributed by atoms with van der Waals surface area (Å²) < 4.78 is 5.38. The summed E-state index contributed by atoms with van der Waals surface area (Å²) in [5.74, 6) is 2.21. The quantitative estimate of drug-likeness (QED) is 0.842. The Bertz CT molecular complexity index is 440. The van der Waals surface area contributed by atoms with Gasteiger partial charge in [0.1, 0.15) is 4.90 Å². The molecule has 0 atom stereocenters. The van der Waals surface area contributed by atoms with E-state index in [1.54, 1.807) is 18.9 Å². The van der Waals surface area contributed by atoms with E-state index in [9.17, 15) is 0 Å². The molecule has 2 rings (SSSR count). The number of nitrogens with zero attached hydrogens (tertiary/aromatic N) is 4. The van der Waals surface area contributed by atoms with Crippen molar-refractivity contribution in [2.24, 2.45) is 0 Å². The molecule has 1 aliphatic heterocycles. The highest BCUT2D eigenvalue weighted by molar-refractivity contribution is 7.98. The first kappa shape index (κ1) is 17.1. The van der Waals surface area contributed by atoms with E-state index in [0.29, 0.717) is 11.8 Å². The van der Waals surface area contributed by atoms with Gasteiger partial charge in [-0.15, -0.1) is 24.2 Å². The van der Waals surface area contributed by atoms with Gasteiger partial charge in [0.2, 0.25) is 11.8 Å². The largest absolute Gasteiger partial charge is 0.480 e. The lowest BCUT2D eigenvalue weighted by Gasteiger charge is -2.34. The standard InChI is InChI=1S/C12H21N5OS.ClH/c1-13-12-14-10(9(19-4)11(15-12)18-3)17-7-5-16(2)6-8-17;/h5-8H2,1-4H3,(H,13,14,15);1H. The predicted octanol–water partition coefficient (Wildman–Crippen LogP) is 1.42. The normalized spacial score (nSPS) is 15.7. The molecule has 6 nitrogen and oxygen atoms in total. The SMILES string of the molecule is CNc1nc(OC)c(SC)c(N2CCN(C)CC2)n1.Cl. The average molecular weight is 320 g/mol. The van der Waals surface area contributed by atoms with Crippen molar-refractivity contribution in [1.29, 1.82) is 0 Å². The van der Waals surface area contributed by atoms with Crippen molar-refractivity contribution in [3.8, 4) is 5.88 Å². The van der Waals surface area contributed by atoms with Crippen molar-refractivity contribution in [2.75, 3.05) is 63.9 Å². The van der Waals surface area contributed by atoms with E-state index >= 15 is 0 Å². The monoisotopic (exact) mass is 319 g/mol. The third-order valence-electron chi connectivity index (χ3n) is 3.24. The molecular formula is C12H22ClN5OS. The van der Waals surface area contributed by atoms with Crippen molar-refractivity contribution in [2.45, 2.75) is 4.90 Å². The van der Waals surface area contributed by atoms with Crippen LogP contribution in [0.1, 0.15) is 0 Å². The van der Waals surface area contributed by atoms with Gasteiger partial charge in [-0.05, 0) is 13.3 Å². The molecule has 8 heteroatoms. The number of aromatic nitrogens is 2. The minimum Gasteiger partial charge on any atom is -0.480 e. The molecule has 0 amide bonds. The first-order valence-electron chi connectivity index (χ1n) is 6.30. The average Bonchev–Trinajstić information content (AvgIpc) is 2.46. The van der Waals surface area contributed by atoms with Gasteiger partial charge in [0.25, 0.3) is 0 Å². The van der Waals surface area contributed by atoms with Crippen molar-refractivity contribution >= 4 is 35.9 Å². The lowest BCUT2D eigenvalue weighted by atomic mass is 10.3. The Kier molecular flexibility index (Phi) is 6.64. The fraction of sp³-hybridized carbons (Fsp3) is 0.667. The van der Waals surface area contributed by atoms with E-state index in [4.69, 9.17) is 4.74 Å². The number of rotatable bonds is 4. The number of methoxy groups -OCH3 is 1. The molecule has 0 radical (unpaired) electrons. The van der Waals surface area contributed by atoms with E-state index in [2.05, 4.69) is 32.1 Å². The highest BCUT2D eigenvalue weighted by Gasteiger charge is 2.22. The van der Waals surface area contributed by atoms with Gasteiger partial charge >= 0.3 is 0 Å². The Labute approximate surface area is 130 Å². The number of halogens is 1. The van der Waals surface area contributed by atoms with Gasteiger partial charge in [-0.1, -0.05) is 0 Å². The maximum Gasteiger partial charge on any atom is 0.234 e. The first-order valence-corrected chi connectivity index (χ1v) is 7.53. The van der Waals surface area contributed by atoms with Gasteiger partial charge in [0, 0.05) is 33.2 Å². The Morgan fingerprint density at radius 1 is 1.20 bits per heavy atom. The molecular weight excluding hydrogens is 298 g/mol. The van der Waals surface area contributed by atoms with Crippen LogP contribution in [0.4, 0.5) is 11.8 Å². The Morgan fingerprint density at radius 3 is 2.35 bits per heavy atom. The van der Waals surface area contributed by atoms with Crippen LogP contribution >= 0.6 is 24.2 Å². The predicted molar refractivity (Wildman–Crippen MR) is 86.9 cm³/mol. The molecule has 1 aliphatic rings. The second-order valence-electron chi connectivity index (χ2n) is 4.45. The molecule has 114 valence electrons. The van der Waals surface area contributed by atoms with Crippen LogP contribution in [0.25, 0.3) is 0 Å². The van der Waals surface area contributed by atoms with Gasteiger partial charge in [-0.3, -0.25) is 0 Å². The van der Waals surface area contributed by atoms with E-state index in [-0.39, 0.29) is 12.4 Å². The number of ether oxygens (including phenoxy) is 1. The molecule has 20 heavy (non-hydrogen) atoms. The maximum absolute atomic E-state index is 5.38. The van der Waals surface area contributed by atoms with E-state index in [1.807, 2.05) is 13.3 Å². The third kappa shape index (κ3) is 3.59. The molecule has 2 heterocycles. The number of hydrogen-bond acceptors (Lipinski definition) is 7. The van der Waals surface area contributed by atoms with Gasteiger partial charge in [0.15, 0.2) is 5.82 Å². The molecule has 0 spiro atoms. The summed E-state index contributed by atoms with van der Waals surface area (Å²) in [7, 11) is 5.61. The molecule has 1 N–H and O–H groups in total. The summed E-state index contributed by atoms with van der Waals surface area (Å²) in [5.41, 5.74) is 0. The summed E-state index contributed by atoms with van der Waals surface area (Å²) >= 11 is 1.63. The summed E-state index contributed by atoms with van der Waals surface area (Å²) in [5, 5.41) is 2.99. The van der Waals surface area contributed by atoms with E-state index in [1.165, 1.54) is 0 Å². The van der Waals surface area contributed by atoms with Crippen LogP contribution < -0.4 is 15.0 Å². The molecule has 0 saturated carbocycles. The Balaban J connectivity index is 0.00000200. The first-order chi connectivity index (χ1) is 9.19. The third-order valence-corrected chi connectivity index (χ3v) is 4.01. The zero-order valence-electron chi connectivity index (χ0n) is 12.3. The minimum absolute atomic E-state index is 0. The topological polar surface area (TPSA) is 53.5 Å². The number of piperazine rings is 1. The zero-order chi connectivity index (χ0) is 13.8. The highest BCUT2D eigenvalue weighted by atomic mass is 35.5. The van der Waals surface area contributed by atoms with Crippen molar-refractivity contribution in [3.63, 3.8) is 0 Å². The number of anilines is 2. The van der Waals surface area contributed by atoms with Gasteiger partial charge in [0.05, 0.1) is 7.11 Å². The minimum atomic E-state index is 0. The molecule has 0 aliphatic carbocycles. The zero-order valence-corrected chi connectivity index (χ0v) is 14.0. The fourth-order valence-electron chi connectivity index (χ4n) is 2.08. The lowest BCUT2D eigenvalue weighted by molar-refractivity contribution is 0.310. The second kappa shape index (κ2) is 7.75. The summed E-state index contributed by atoms with van der Waals surface area (Å²) in [4.78, 5) is 14.6. The molecule has 0 bridgehead atoms. The molecule has 0 unspecified atom stereocenters. The van der Waals surface area contributed by atoms with Crippen LogP contribution in [0, 0.1) is 0 Å². The molecule has 1 fully saturated rings. The van der Waals surface area contributed by atoms with Gasteiger partial charge < -0.3 is 19.9 Å². The number of nitrogens with one attached hydrogen (secondary N) is 1. The summed E-state index contributed by atoms with van der Waals surface area (Å²) in [6.07, 6.45) is 2.03. The van der Waals surface area contributed by atoms with Crippen LogP contribution in [-0.2, 0) is 0 Å². The second-order valence-corrected chi connectivity index (χ2v) is 5.27. The molecule has 1 aromatic rings. The van der Waals surface area contributed by atoms with Crippen LogP contribution in [0.15, 0.2) is 4.90 Å². The number of hydrogen-bond donors (Lipinski definition) is 1. The van der Waals surface area contributed by atoms with Gasteiger partial charge in [-0.2, -0.15) is 9.97 Å². The number of likely N-dealkylation sites (N-methyl/N-ethyl adjacent to an activating group) is 1. The number of thioether (sulfide) groups is 1. The van der Waals surface area contributed by atoms with Crippen LogP contribution in [0.2, 0.25) is 0 Å². The lowest BCUT2D eigenvalue weighted by Crippen LogP contribution is -2.45. The van der Waals surface area contributed by atoms with Gasteiger partial charge in [-0.25, -0.2) is 0 Å². The smallest absolute Gasteiger partial charge is 0.234 e. The highest BCUT2D eigenvalue weighted by Crippen LogP contribution is 2.35. The maximum atomic E-state index is 5.38. The van der Waals surface area contributed by atoms with Crippen molar-refractivity contribution < 1.29 is 4.74 Å². The summed E-state index contributed by atoms with van der Waals surface area (Å²) in [6.45, 7) is 4.06. The van der Waals surface area contributed by atoms with Crippen molar-refractivity contribution in [3.05, 3.63) is 0 Å². The fourth-order valence-corrected chi connectivity index (χ4v) is 2.74. The van der Waals surface area contributed by atoms with Crippen LogP contribution in [-0.4, -0.2) is 68.5 Å². The Morgan fingerprint density at radius 2 is 1.85 bits per heavy atom. The Hall–Kier alpha value is -0.920. The van der Waals surface area contributed by atoms with Crippen LogP contribution in [0.3, 0.4) is 0 Å². The summed E-state index contributed by atoms with van der Waals surface area (Å²) in [6, 6.07) is 0. The van der Waals surface area contributed by atoms with Crippen LogP contribution in [0.5, 0.6) is 5.88 Å².